The Hall–Kier alpha value is -2.72. The first-order valence-electron chi connectivity index (χ1n) is 16.5. The number of halogens is 2. The third kappa shape index (κ3) is 5.84. The average molecular weight is 766 g/mol. The highest BCUT2D eigenvalue weighted by Crippen LogP contribution is 2.50. The summed E-state index contributed by atoms with van der Waals surface area (Å²) < 4.78 is 13.3. The van der Waals surface area contributed by atoms with E-state index in [0.717, 1.165) is 42.4 Å². The van der Waals surface area contributed by atoms with E-state index in [4.69, 9.17) is 32.7 Å². The van der Waals surface area contributed by atoms with E-state index >= 15 is 0 Å². The van der Waals surface area contributed by atoms with Gasteiger partial charge in [0.15, 0.2) is 0 Å². The number of phenols is 1. The van der Waals surface area contributed by atoms with E-state index in [-0.39, 0.29) is 48.1 Å². The number of alkyl halides is 2. The Kier molecular flexibility index (Phi) is 10.00. The van der Waals surface area contributed by atoms with Gasteiger partial charge in [0.2, 0.25) is 18.1 Å². The number of hydrogen-bond donors (Lipinski definition) is 5. The summed E-state index contributed by atoms with van der Waals surface area (Å²) in [6, 6.07) is 3.35. The molecule has 3 aliphatic heterocycles. The van der Waals surface area contributed by atoms with Crippen LogP contribution in [-0.2, 0) is 14.3 Å². The van der Waals surface area contributed by atoms with Crippen molar-refractivity contribution in [2.75, 3.05) is 41.3 Å². The van der Waals surface area contributed by atoms with Crippen LogP contribution < -0.4 is 14.5 Å². The molecule has 2 aromatic carbocycles. The molecule has 7 rings (SSSR count). The number of aliphatic hydroxyl groups is 4. The molecule has 268 valence electrons. The predicted octanol–water partition coefficient (Wildman–Crippen LogP) is 4.83. The molecule has 3 aliphatic rings. The molecule has 15 heteroatoms. The van der Waals surface area contributed by atoms with Gasteiger partial charge in [-0.15, -0.1) is 45.9 Å². The molecule has 1 fully saturated rings. The number of phenolic OH excluding ortho intramolecular Hbond substituents is 1. The first-order chi connectivity index (χ1) is 24.0. The number of benzene rings is 2. The number of rotatable bonds is 9. The zero-order valence-corrected chi connectivity index (χ0v) is 30.5. The molecule has 50 heavy (non-hydrogen) atoms. The van der Waals surface area contributed by atoms with Gasteiger partial charge in [-0.3, -0.25) is 9.59 Å². The third-order valence-electron chi connectivity index (χ3n) is 10.1. The van der Waals surface area contributed by atoms with Crippen molar-refractivity contribution in [1.82, 2.24) is 0 Å². The number of aryl methyl sites for hydroxylation is 2. The van der Waals surface area contributed by atoms with Crippen molar-refractivity contribution in [1.29, 1.82) is 0 Å². The average Bonchev–Trinajstić information content (AvgIpc) is 3.87. The fourth-order valence-corrected chi connectivity index (χ4v) is 10.1. The smallest absolute Gasteiger partial charge is 0.229 e. The van der Waals surface area contributed by atoms with Crippen LogP contribution in [0.1, 0.15) is 53.4 Å². The summed E-state index contributed by atoms with van der Waals surface area (Å²) in [5.41, 5.74) is 5.15. The second kappa shape index (κ2) is 14.0. The molecule has 0 saturated carbocycles. The summed E-state index contributed by atoms with van der Waals surface area (Å²) in [6.07, 6.45) is -6.77. The maximum atomic E-state index is 13.9. The lowest BCUT2D eigenvalue weighted by atomic mass is 9.97. The van der Waals surface area contributed by atoms with E-state index in [2.05, 4.69) is 0 Å². The number of thiophene rings is 2. The number of fused-ring (bicyclic) bond motifs is 6. The van der Waals surface area contributed by atoms with Gasteiger partial charge in [-0.1, -0.05) is 0 Å². The zero-order chi connectivity index (χ0) is 35.6. The Morgan fingerprint density at radius 3 is 1.96 bits per heavy atom. The second-order valence-electron chi connectivity index (χ2n) is 13.3. The van der Waals surface area contributed by atoms with E-state index in [9.17, 15) is 35.1 Å². The van der Waals surface area contributed by atoms with Crippen molar-refractivity contribution in [3.8, 4) is 11.5 Å². The highest BCUT2D eigenvalue weighted by Gasteiger charge is 2.45. The fraction of sp³-hybridized carbons (Fsp3) is 0.486. The van der Waals surface area contributed by atoms with Crippen LogP contribution in [0.15, 0.2) is 22.9 Å². The van der Waals surface area contributed by atoms with E-state index in [1.54, 1.807) is 21.9 Å². The number of amides is 2. The first kappa shape index (κ1) is 35.7. The molecule has 0 aliphatic carbocycles. The van der Waals surface area contributed by atoms with Crippen LogP contribution in [0.3, 0.4) is 0 Å². The van der Waals surface area contributed by atoms with E-state index < -0.39 is 37.3 Å². The standard InChI is InChI=1S/C35H38Cl2N2O9S2/c1-15-13-49-33-21(41)6-19-28(26(15)33)17(8-36)10-38(19)24(42)4-3-5-25(43)39-11-18(9-37)29-20(39)7-22(34-27(29)16(2)14-50-34)47-35-32(46)31(45)30(44)23(12-40)48-35/h6-7,13-14,17-18,23,30-32,35,40-41,44-46H,3-5,8-12H2,1-2H3/t17-,18-,23+,30-,31-,32+,35+/m1/s1. The number of anilines is 2. The van der Waals surface area contributed by atoms with Crippen LogP contribution in [0.2, 0.25) is 0 Å². The Labute approximate surface area is 306 Å². The maximum Gasteiger partial charge on any atom is 0.229 e. The highest BCUT2D eigenvalue weighted by atomic mass is 35.5. The van der Waals surface area contributed by atoms with Gasteiger partial charge in [0, 0.05) is 72.4 Å². The van der Waals surface area contributed by atoms with Crippen LogP contribution in [0, 0.1) is 13.8 Å². The molecule has 5 N–H and O–H groups in total. The summed E-state index contributed by atoms with van der Waals surface area (Å²) >= 11 is 15.7. The summed E-state index contributed by atoms with van der Waals surface area (Å²) in [7, 11) is 0. The van der Waals surface area contributed by atoms with E-state index in [0.29, 0.717) is 42.5 Å². The van der Waals surface area contributed by atoms with Crippen LogP contribution in [0.25, 0.3) is 20.2 Å². The van der Waals surface area contributed by atoms with Crippen molar-refractivity contribution < 1.29 is 44.6 Å². The minimum absolute atomic E-state index is 0.0703. The number of carbonyl (C=O) groups is 2. The maximum absolute atomic E-state index is 13.9. The summed E-state index contributed by atoms with van der Waals surface area (Å²) in [5, 5.41) is 57.4. The topological polar surface area (TPSA) is 160 Å². The van der Waals surface area contributed by atoms with Crippen LogP contribution in [-0.4, -0.2) is 99.5 Å². The summed E-state index contributed by atoms with van der Waals surface area (Å²) in [6.45, 7) is 4.09. The van der Waals surface area contributed by atoms with Gasteiger partial charge in [-0.25, -0.2) is 0 Å². The minimum Gasteiger partial charge on any atom is -0.506 e. The van der Waals surface area contributed by atoms with Crippen molar-refractivity contribution >= 4 is 89.2 Å². The monoisotopic (exact) mass is 764 g/mol. The van der Waals surface area contributed by atoms with Crippen LogP contribution in [0.4, 0.5) is 11.4 Å². The van der Waals surface area contributed by atoms with Gasteiger partial charge in [0.1, 0.15) is 35.9 Å². The first-order valence-corrected chi connectivity index (χ1v) is 19.3. The van der Waals surface area contributed by atoms with E-state index in [1.165, 1.54) is 22.7 Å². The minimum atomic E-state index is -1.61. The normalized spacial score (nSPS) is 26.2. The molecule has 0 bridgehead atoms. The number of aliphatic hydroxyl groups excluding tert-OH is 4. The Balaban J connectivity index is 1.11. The second-order valence-corrected chi connectivity index (χ2v) is 15.6. The number of carbonyl (C=O) groups excluding carboxylic acids is 2. The summed E-state index contributed by atoms with van der Waals surface area (Å²) in [5.74, 6) is 0.477. The van der Waals surface area contributed by atoms with Crippen molar-refractivity contribution in [3.05, 3.63) is 45.1 Å². The lowest BCUT2D eigenvalue weighted by Gasteiger charge is -2.39. The lowest BCUT2D eigenvalue weighted by molar-refractivity contribution is -0.277. The molecule has 2 amide bonds. The number of hydrogen-bond acceptors (Lipinski definition) is 11. The van der Waals surface area contributed by atoms with Gasteiger partial charge in [0.25, 0.3) is 0 Å². The molecule has 7 atom stereocenters. The Morgan fingerprint density at radius 2 is 1.40 bits per heavy atom. The molecule has 4 aromatic rings. The molecule has 0 spiro atoms. The number of ether oxygens (including phenoxy) is 2. The molecular weight excluding hydrogens is 727 g/mol. The molecule has 0 radical (unpaired) electrons. The molecule has 0 unspecified atom stereocenters. The van der Waals surface area contributed by atoms with Crippen LogP contribution >= 0.6 is 45.9 Å². The SMILES string of the molecule is Cc1csc2c(O)cc3c(c12)[C@H](CCl)CN3C(=O)CCCC(=O)N1C[C@@H](CCl)c2c1cc(O[C@H]1O[C@@H](CO)[C@@H](O)[C@@H](O)[C@@H]1O)c1scc(C)c21. The quantitative estimate of drug-likeness (QED) is 0.151. The van der Waals surface area contributed by atoms with Gasteiger partial charge < -0.3 is 44.8 Å². The van der Waals surface area contributed by atoms with Crippen molar-refractivity contribution in [2.24, 2.45) is 0 Å². The third-order valence-corrected chi connectivity index (χ3v) is 13.1. The van der Waals surface area contributed by atoms with Crippen molar-refractivity contribution in [3.63, 3.8) is 0 Å². The summed E-state index contributed by atoms with van der Waals surface area (Å²) in [4.78, 5) is 30.8. The Bertz CT molecular complexity index is 1970. The number of nitrogens with zero attached hydrogens (tertiary/aromatic N) is 2. The van der Waals surface area contributed by atoms with Gasteiger partial charge >= 0.3 is 0 Å². The molecular formula is C35H38Cl2N2O9S2. The van der Waals surface area contributed by atoms with Gasteiger partial charge in [-0.05, 0) is 53.3 Å². The molecule has 1 saturated heterocycles. The largest absolute Gasteiger partial charge is 0.506 e. The molecule has 11 nitrogen and oxygen atoms in total. The van der Waals surface area contributed by atoms with Crippen LogP contribution in [0.5, 0.6) is 11.5 Å². The van der Waals surface area contributed by atoms with Gasteiger partial charge in [-0.2, -0.15) is 0 Å². The zero-order valence-electron chi connectivity index (χ0n) is 27.3. The van der Waals surface area contributed by atoms with E-state index in [1.807, 2.05) is 24.6 Å². The van der Waals surface area contributed by atoms with Crippen molar-refractivity contribution in [2.45, 2.75) is 75.7 Å². The Morgan fingerprint density at radius 1 is 0.860 bits per heavy atom. The van der Waals surface area contributed by atoms with Gasteiger partial charge in [0.05, 0.1) is 27.4 Å². The molecule has 2 aromatic heterocycles. The highest BCUT2D eigenvalue weighted by molar-refractivity contribution is 7.18. The predicted molar refractivity (Wildman–Crippen MR) is 195 cm³/mol. The molecule has 5 heterocycles. The fourth-order valence-electron chi connectivity index (χ4n) is 7.58. The lowest BCUT2D eigenvalue weighted by Crippen LogP contribution is -2.60. The number of aromatic hydroxyl groups is 1.